The van der Waals surface area contributed by atoms with Gasteiger partial charge in [-0.3, -0.25) is 4.90 Å². The fourth-order valence-electron chi connectivity index (χ4n) is 4.25. The van der Waals surface area contributed by atoms with Gasteiger partial charge in [-0.15, -0.1) is 0 Å². The van der Waals surface area contributed by atoms with Crippen LogP contribution in [0.5, 0.6) is 0 Å². The van der Waals surface area contributed by atoms with Gasteiger partial charge in [0.25, 0.3) is 0 Å². The molecule has 1 saturated heterocycles. The van der Waals surface area contributed by atoms with Crippen LogP contribution in [0, 0.1) is 5.82 Å². The van der Waals surface area contributed by atoms with Gasteiger partial charge in [0.15, 0.2) is 0 Å². The molecule has 2 N–H and O–H groups in total. The number of benzene rings is 3. The number of hydrogen-bond acceptors (Lipinski definition) is 3. The van der Waals surface area contributed by atoms with Crippen molar-refractivity contribution < 1.29 is 9.18 Å². The maximum Gasteiger partial charge on any atom is 0.319 e. The average Bonchev–Trinajstić information content (AvgIpc) is 2.80. The number of nitrogens with one attached hydrogen (secondary N) is 2. The Kier molecular flexibility index (Phi) is 5.30. The summed E-state index contributed by atoms with van der Waals surface area (Å²) in [4.78, 5) is 16.3. The Hall–Kier alpha value is -3.38. The van der Waals surface area contributed by atoms with E-state index in [1.807, 2.05) is 18.2 Å². The molecule has 0 bridgehead atoms. The number of fused-ring (bicyclic) bond motifs is 1. The Morgan fingerprint density at radius 3 is 2.23 bits per heavy atom. The minimum Gasteiger partial charge on any atom is -0.369 e. The van der Waals surface area contributed by atoms with Gasteiger partial charge in [0.2, 0.25) is 0 Å². The lowest BCUT2D eigenvalue weighted by Crippen LogP contribution is -2.46. The van der Waals surface area contributed by atoms with Crippen molar-refractivity contribution in [2.45, 2.75) is 13.1 Å². The summed E-state index contributed by atoms with van der Waals surface area (Å²) >= 11 is 0. The molecule has 6 heteroatoms. The standard InChI is InChI=1S/C25H25FN4O/c26-22-7-5-20(6-8-22)19-3-1-18(2-4-19)17-29-11-13-30(14-12-29)23-9-10-24-21(15-23)16-27-25(31)28-24/h1-10,15H,11-14,16-17H2,(H2,27,28,31). The molecule has 3 aromatic rings. The molecule has 5 nitrogen and oxygen atoms in total. The smallest absolute Gasteiger partial charge is 0.319 e. The third-order valence-corrected chi connectivity index (χ3v) is 6.05. The van der Waals surface area contributed by atoms with Crippen molar-refractivity contribution in [1.29, 1.82) is 0 Å². The summed E-state index contributed by atoms with van der Waals surface area (Å²) in [5.41, 5.74) is 6.65. The molecule has 0 radical (unpaired) electrons. The van der Waals surface area contributed by atoms with Crippen LogP contribution in [-0.4, -0.2) is 37.1 Å². The Morgan fingerprint density at radius 2 is 1.52 bits per heavy atom. The van der Waals surface area contributed by atoms with Crippen molar-refractivity contribution in [3.05, 3.63) is 83.7 Å². The first kappa shape index (κ1) is 19.6. The number of urea groups is 1. The second-order valence-corrected chi connectivity index (χ2v) is 8.12. The van der Waals surface area contributed by atoms with Crippen LogP contribution in [0.2, 0.25) is 0 Å². The van der Waals surface area contributed by atoms with Crippen molar-refractivity contribution in [2.24, 2.45) is 0 Å². The molecule has 0 aliphatic carbocycles. The van der Waals surface area contributed by atoms with Crippen LogP contribution in [0.4, 0.5) is 20.6 Å². The lowest BCUT2D eigenvalue weighted by molar-refractivity contribution is 0.249. The van der Waals surface area contributed by atoms with Crippen LogP contribution in [0.25, 0.3) is 11.1 Å². The zero-order chi connectivity index (χ0) is 21.2. The Balaban J connectivity index is 1.18. The number of anilines is 2. The summed E-state index contributed by atoms with van der Waals surface area (Å²) in [7, 11) is 0. The monoisotopic (exact) mass is 416 g/mol. The molecule has 2 aliphatic heterocycles. The quantitative estimate of drug-likeness (QED) is 0.661. The van der Waals surface area contributed by atoms with Crippen molar-refractivity contribution >= 4 is 17.4 Å². The van der Waals surface area contributed by atoms with Gasteiger partial charge in [-0.05, 0) is 52.6 Å². The van der Waals surface area contributed by atoms with Gasteiger partial charge < -0.3 is 15.5 Å². The second-order valence-electron chi connectivity index (χ2n) is 8.12. The minimum absolute atomic E-state index is 0.139. The van der Waals surface area contributed by atoms with E-state index in [-0.39, 0.29) is 11.8 Å². The van der Waals surface area contributed by atoms with Gasteiger partial charge >= 0.3 is 6.03 Å². The van der Waals surface area contributed by atoms with Crippen LogP contribution < -0.4 is 15.5 Å². The molecular formula is C25H25FN4O. The topological polar surface area (TPSA) is 47.6 Å². The molecule has 0 aromatic heterocycles. The first-order chi connectivity index (χ1) is 15.1. The van der Waals surface area contributed by atoms with E-state index in [0.29, 0.717) is 6.54 Å². The Morgan fingerprint density at radius 1 is 0.839 bits per heavy atom. The lowest BCUT2D eigenvalue weighted by atomic mass is 10.0. The number of piperazine rings is 1. The lowest BCUT2D eigenvalue weighted by Gasteiger charge is -2.36. The number of rotatable bonds is 4. The van der Waals surface area contributed by atoms with Gasteiger partial charge in [0.1, 0.15) is 5.82 Å². The van der Waals surface area contributed by atoms with Gasteiger partial charge in [-0.2, -0.15) is 0 Å². The van der Waals surface area contributed by atoms with E-state index in [4.69, 9.17) is 0 Å². The molecule has 0 saturated carbocycles. The molecule has 0 spiro atoms. The van der Waals surface area contributed by atoms with E-state index in [9.17, 15) is 9.18 Å². The molecule has 3 aromatic carbocycles. The zero-order valence-corrected chi connectivity index (χ0v) is 17.3. The summed E-state index contributed by atoms with van der Waals surface area (Å²) in [6.07, 6.45) is 0. The zero-order valence-electron chi connectivity index (χ0n) is 17.3. The SMILES string of the molecule is O=C1NCc2cc(N3CCN(Cc4ccc(-c5ccc(F)cc5)cc4)CC3)ccc2N1. The maximum atomic E-state index is 13.1. The number of amides is 2. The summed E-state index contributed by atoms with van der Waals surface area (Å²) in [6.45, 7) is 5.47. The first-order valence-electron chi connectivity index (χ1n) is 10.6. The highest BCUT2D eigenvalue weighted by atomic mass is 19.1. The van der Waals surface area contributed by atoms with Crippen molar-refractivity contribution in [3.8, 4) is 11.1 Å². The summed E-state index contributed by atoms with van der Waals surface area (Å²) in [5.74, 6) is -0.210. The largest absolute Gasteiger partial charge is 0.369 e. The number of hydrogen-bond donors (Lipinski definition) is 2. The van der Waals surface area contributed by atoms with Crippen LogP contribution in [0.15, 0.2) is 66.7 Å². The fraction of sp³-hybridized carbons (Fsp3) is 0.240. The summed E-state index contributed by atoms with van der Waals surface area (Å²) in [5, 5.41) is 5.67. The van der Waals surface area contributed by atoms with E-state index in [1.165, 1.54) is 23.4 Å². The number of nitrogens with zero attached hydrogens (tertiary/aromatic N) is 2. The minimum atomic E-state index is -0.210. The third kappa shape index (κ3) is 4.39. The number of carbonyl (C=O) groups is 1. The van der Waals surface area contributed by atoms with Gasteiger partial charge in [0.05, 0.1) is 0 Å². The molecule has 0 unspecified atom stereocenters. The molecule has 0 atom stereocenters. The van der Waals surface area contributed by atoms with Gasteiger partial charge in [-0.1, -0.05) is 36.4 Å². The van der Waals surface area contributed by atoms with E-state index in [1.54, 1.807) is 0 Å². The van der Waals surface area contributed by atoms with E-state index >= 15 is 0 Å². The predicted molar refractivity (Wildman–Crippen MR) is 122 cm³/mol. The Labute approximate surface area is 181 Å². The van der Waals surface area contributed by atoms with Crippen LogP contribution in [-0.2, 0) is 13.1 Å². The van der Waals surface area contributed by atoms with Crippen LogP contribution >= 0.6 is 0 Å². The molecule has 2 heterocycles. The maximum absolute atomic E-state index is 13.1. The molecule has 5 rings (SSSR count). The Bertz CT molecular complexity index is 1070. The van der Waals surface area contributed by atoms with Gasteiger partial charge in [0, 0.05) is 50.6 Å². The highest BCUT2D eigenvalue weighted by molar-refractivity contribution is 5.92. The molecular weight excluding hydrogens is 391 g/mol. The molecule has 31 heavy (non-hydrogen) atoms. The molecule has 2 aliphatic rings. The average molecular weight is 417 g/mol. The van der Waals surface area contributed by atoms with Crippen molar-refractivity contribution in [3.63, 3.8) is 0 Å². The van der Waals surface area contributed by atoms with Crippen LogP contribution in [0.3, 0.4) is 0 Å². The molecule has 2 amide bonds. The van der Waals surface area contributed by atoms with E-state index < -0.39 is 0 Å². The predicted octanol–water partition coefficient (Wildman–Crippen LogP) is 4.45. The van der Waals surface area contributed by atoms with Crippen molar-refractivity contribution in [1.82, 2.24) is 10.2 Å². The second kappa shape index (κ2) is 8.40. The van der Waals surface area contributed by atoms with E-state index in [2.05, 4.69) is 56.8 Å². The third-order valence-electron chi connectivity index (χ3n) is 6.05. The summed E-state index contributed by atoms with van der Waals surface area (Å²) < 4.78 is 13.1. The fourth-order valence-corrected chi connectivity index (χ4v) is 4.25. The van der Waals surface area contributed by atoms with Crippen molar-refractivity contribution in [2.75, 3.05) is 36.4 Å². The highest BCUT2D eigenvalue weighted by Gasteiger charge is 2.20. The van der Waals surface area contributed by atoms with Gasteiger partial charge in [-0.25, -0.2) is 9.18 Å². The van der Waals surface area contributed by atoms with Crippen LogP contribution in [0.1, 0.15) is 11.1 Å². The summed E-state index contributed by atoms with van der Waals surface area (Å²) in [6, 6.07) is 21.3. The molecule has 158 valence electrons. The number of halogens is 1. The molecule has 1 fully saturated rings. The normalized spacial score (nSPS) is 16.4. The first-order valence-corrected chi connectivity index (χ1v) is 10.6. The highest BCUT2D eigenvalue weighted by Crippen LogP contribution is 2.26. The van der Waals surface area contributed by atoms with E-state index in [0.717, 1.165) is 55.1 Å². The number of carbonyl (C=O) groups excluding carboxylic acids is 1.